The van der Waals surface area contributed by atoms with Crippen molar-refractivity contribution in [3.8, 4) is 22.6 Å². The molecule has 51 heavy (non-hydrogen) atoms. The van der Waals surface area contributed by atoms with Crippen LogP contribution in [0, 0.1) is 5.82 Å². The standard InChI is InChI=1S/C38H42Cl2FN5O5/c1-21(19-47)46-15-12-29-28(18-46)43-36(45(29)2)37(49)44-27-9-5-8-25(33(27)39)22-6-4-7-24-23(22)10-11-30(24)51-32-16-31(50-3)26(35(41)34(32)40)17-42-38(20-48)13-14-38/h4-9,16,21,30,42,47-48H,10-15,17-20H2,1-3H3,(H,44,49). The first-order chi connectivity index (χ1) is 24.6. The van der Waals surface area contributed by atoms with Crippen LogP contribution in [0.25, 0.3) is 11.1 Å². The van der Waals surface area contributed by atoms with Crippen molar-refractivity contribution in [3.05, 3.63) is 92.2 Å². The number of ether oxygens (including phenoxy) is 2. The Balaban J connectivity index is 1.11. The number of nitrogens with one attached hydrogen (secondary N) is 2. The molecule has 1 saturated carbocycles. The number of halogens is 3. The average Bonchev–Trinajstić information content (AvgIpc) is 3.70. The van der Waals surface area contributed by atoms with Gasteiger partial charge in [-0.3, -0.25) is 9.69 Å². The highest BCUT2D eigenvalue weighted by molar-refractivity contribution is 6.36. The van der Waals surface area contributed by atoms with E-state index in [-0.39, 0.29) is 59.7 Å². The van der Waals surface area contributed by atoms with Crippen molar-refractivity contribution in [1.82, 2.24) is 19.8 Å². The molecule has 0 radical (unpaired) electrons. The summed E-state index contributed by atoms with van der Waals surface area (Å²) in [5, 5.41) is 25.8. The van der Waals surface area contributed by atoms with Crippen LogP contribution in [0.2, 0.25) is 10.0 Å². The molecule has 3 aliphatic rings. The molecule has 0 bridgehead atoms. The molecular formula is C38H42Cl2FN5O5. The molecule has 13 heteroatoms. The quantitative estimate of drug-likeness (QED) is 0.136. The predicted molar refractivity (Wildman–Crippen MR) is 194 cm³/mol. The number of hydrogen-bond acceptors (Lipinski definition) is 8. The van der Waals surface area contributed by atoms with Crippen LogP contribution in [0.1, 0.15) is 71.0 Å². The number of imidazole rings is 1. The van der Waals surface area contributed by atoms with E-state index in [1.54, 1.807) is 12.1 Å². The Labute approximate surface area is 306 Å². The molecule has 1 aromatic heterocycles. The van der Waals surface area contributed by atoms with Crippen molar-refractivity contribution in [1.29, 1.82) is 0 Å². The lowest BCUT2D eigenvalue weighted by atomic mass is 9.96. The first-order valence-electron chi connectivity index (χ1n) is 17.3. The molecule has 270 valence electrons. The van der Waals surface area contributed by atoms with Crippen LogP contribution in [-0.2, 0) is 33.0 Å². The first-order valence-corrected chi connectivity index (χ1v) is 18.0. The average molecular weight is 739 g/mol. The van der Waals surface area contributed by atoms with E-state index in [1.165, 1.54) is 7.11 Å². The van der Waals surface area contributed by atoms with Gasteiger partial charge in [-0.1, -0.05) is 53.5 Å². The number of aromatic nitrogens is 2. The smallest absolute Gasteiger partial charge is 0.291 e. The van der Waals surface area contributed by atoms with E-state index in [9.17, 15) is 15.0 Å². The van der Waals surface area contributed by atoms with Crippen molar-refractivity contribution < 1.29 is 28.9 Å². The van der Waals surface area contributed by atoms with Crippen molar-refractivity contribution >= 4 is 34.8 Å². The van der Waals surface area contributed by atoms with Gasteiger partial charge in [-0.15, -0.1) is 0 Å². The largest absolute Gasteiger partial charge is 0.496 e. The summed E-state index contributed by atoms with van der Waals surface area (Å²) in [6.07, 6.45) is 3.33. The molecule has 1 aliphatic heterocycles. The van der Waals surface area contributed by atoms with E-state index in [4.69, 9.17) is 32.7 Å². The number of aliphatic hydroxyl groups excluding tert-OH is 2. The minimum atomic E-state index is -0.617. The summed E-state index contributed by atoms with van der Waals surface area (Å²) in [7, 11) is 3.32. The third-order valence-electron chi connectivity index (χ3n) is 10.6. The SMILES string of the molecule is COc1cc(OC2CCc3c(-c4cccc(NC(=O)c5nc6c(n5C)CCN(C(C)CO)C6)c4Cl)cccc32)c(Cl)c(F)c1CNC1(CO)CC1. The van der Waals surface area contributed by atoms with Crippen LogP contribution in [0.4, 0.5) is 10.1 Å². The summed E-state index contributed by atoms with van der Waals surface area (Å²) in [6.45, 7) is 3.54. The molecule has 3 aromatic carbocycles. The van der Waals surface area contributed by atoms with E-state index >= 15 is 4.39 Å². The molecular weight excluding hydrogens is 696 g/mol. The molecule has 4 aromatic rings. The minimum absolute atomic E-state index is 0.0111. The van der Waals surface area contributed by atoms with Crippen LogP contribution in [-0.4, -0.2) is 69.0 Å². The molecule has 2 heterocycles. The molecule has 0 saturated heterocycles. The monoisotopic (exact) mass is 737 g/mol. The number of carbonyl (C=O) groups is 1. The number of fused-ring (bicyclic) bond motifs is 2. The molecule has 2 aliphatic carbocycles. The lowest BCUT2D eigenvalue weighted by Crippen LogP contribution is -2.39. The van der Waals surface area contributed by atoms with Crippen LogP contribution < -0.4 is 20.1 Å². The Hall–Kier alpha value is -3.71. The van der Waals surface area contributed by atoms with Gasteiger partial charge in [0.15, 0.2) is 11.6 Å². The van der Waals surface area contributed by atoms with Crippen LogP contribution in [0.3, 0.4) is 0 Å². The number of methoxy groups -OCH3 is 1. The fourth-order valence-electron chi connectivity index (χ4n) is 7.27. The Morgan fingerprint density at radius 2 is 1.88 bits per heavy atom. The molecule has 2 atom stereocenters. The maximum absolute atomic E-state index is 15.6. The number of benzene rings is 3. The normalized spacial score (nSPS) is 18.2. The van der Waals surface area contributed by atoms with E-state index < -0.39 is 5.82 Å². The van der Waals surface area contributed by atoms with Crippen LogP contribution in [0.5, 0.6) is 11.5 Å². The molecule has 0 spiro atoms. The van der Waals surface area contributed by atoms with Gasteiger partial charge in [0, 0.05) is 67.6 Å². The maximum Gasteiger partial charge on any atom is 0.291 e. The van der Waals surface area contributed by atoms with E-state index in [0.717, 1.165) is 59.4 Å². The zero-order chi connectivity index (χ0) is 36.0. The van der Waals surface area contributed by atoms with Gasteiger partial charge in [-0.25, -0.2) is 9.37 Å². The number of rotatable bonds is 12. The van der Waals surface area contributed by atoms with Gasteiger partial charge in [0.05, 0.1) is 36.7 Å². The molecule has 7 rings (SSSR count). The van der Waals surface area contributed by atoms with Gasteiger partial charge >= 0.3 is 0 Å². The molecule has 4 N–H and O–H groups in total. The number of aliphatic hydroxyl groups is 2. The fraction of sp³-hybridized carbons (Fsp3) is 0.421. The van der Waals surface area contributed by atoms with Crippen molar-refractivity contribution in [2.75, 3.05) is 32.2 Å². The summed E-state index contributed by atoms with van der Waals surface area (Å²) in [5.74, 6) is -0.172. The van der Waals surface area contributed by atoms with E-state index in [1.807, 2.05) is 48.9 Å². The number of amides is 1. The summed E-state index contributed by atoms with van der Waals surface area (Å²) in [6, 6.07) is 13.1. The second kappa shape index (κ2) is 14.4. The second-order valence-electron chi connectivity index (χ2n) is 13.8. The first kappa shape index (κ1) is 35.7. The number of nitrogens with zero attached hydrogens (tertiary/aromatic N) is 3. The Morgan fingerprint density at radius 3 is 2.61 bits per heavy atom. The highest BCUT2D eigenvalue weighted by Gasteiger charge is 2.42. The van der Waals surface area contributed by atoms with Gasteiger partial charge in [-0.05, 0) is 55.4 Å². The highest BCUT2D eigenvalue weighted by Crippen LogP contribution is 2.46. The predicted octanol–water partition coefficient (Wildman–Crippen LogP) is 6.21. The Kier molecular flexibility index (Phi) is 10.1. The zero-order valence-corrected chi connectivity index (χ0v) is 30.4. The molecule has 1 amide bonds. The lowest BCUT2D eigenvalue weighted by molar-refractivity contribution is 0.101. The summed E-state index contributed by atoms with van der Waals surface area (Å²) < 4.78 is 29.4. The van der Waals surface area contributed by atoms with Crippen molar-refractivity contribution in [2.24, 2.45) is 7.05 Å². The number of carbonyl (C=O) groups excluding carboxylic acids is 1. The summed E-state index contributed by atoms with van der Waals surface area (Å²) in [5.41, 5.74) is 5.90. The highest BCUT2D eigenvalue weighted by atomic mass is 35.5. The number of hydrogen-bond donors (Lipinski definition) is 4. The summed E-state index contributed by atoms with van der Waals surface area (Å²) in [4.78, 5) is 20.4. The van der Waals surface area contributed by atoms with Crippen molar-refractivity contribution in [3.63, 3.8) is 0 Å². The molecule has 10 nitrogen and oxygen atoms in total. The molecule has 1 fully saturated rings. The van der Waals surface area contributed by atoms with Crippen LogP contribution >= 0.6 is 23.2 Å². The van der Waals surface area contributed by atoms with Crippen molar-refractivity contribution in [2.45, 2.75) is 69.8 Å². The molecule has 2 unspecified atom stereocenters. The third kappa shape index (κ3) is 6.71. The van der Waals surface area contributed by atoms with E-state index in [2.05, 4.69) is 20.5 Å². The van der Waals surface area contributed by atoms with Gasteiger partial charge in [0.25, 0.3) is 5.91 Å². The number of anilines is 1. The summed E-state index contributed by atoms with van der Waals surface area (Å²) >= 11 is 13.6. The van der Waals surface area contributed by atoms with Gasteiger partial charge < -0.3 is 34.9 Å². The van der Waals surface area contributed by atoms with Crippen LogP contribution in [0.15, 0.2) is 42.5 Å². The Morgan fingerprint density at radius 1 is 1.12 bits per heavy atom. The zero-order valence-electron chi connectivity index (χ0n) is 28.9. The van der Waals surface area contributed by atoms with E-state index in [0.29, 0.717) is 41.7 Å². The minimum Gasteiger partial charge on any atom is -0.496 e. The lowest BCUT2D eigenvalue weighted by Gasteiger charge is -2.30. The Bertz CT molecular complexity index is 1980. The van der Waals surface area contributed by atoms with Gasteiger partial charge in [0.2, 0.25) is 0 Å². The topological polar surface area (TPSA) is 121 Å². The fourth-order valence-corrected chi connectivity index (χ4v) is 7.76. The third-order valence-corrected chi connectivity index (χ3v) is 11.4. The maximum atomic E-state index is 15.6. The second-order valence-corrected chi connectivity index (χ2v) is 14.5. The van der Waals surface area contributed by atoms with Gasteiger partial charge in [0.1, 0.15) is 22.6 Å². The van der Waals surface area contributed by atoms with Gasteiger partial charge in [-0.2, -0.15) is 0 Å².